The summed E-state index contributed by atoms with van der Waals surface area (Å²) in [5.41, 5.74) is 3.54. The molecule has 5 nitrogen and oxygen atoms in total. The second kappa shape index (κ2) is 5.84. The monoisotopic (exact) mass is 262 g/mol. The van der Waals surface area contributed by atoms with Crippen LogP contribution in [0, 0.1) is 13.8 Å². The molecule has 0 bridgehead atoms. The predicted octanol–water partition coefficient (Wildman–Crippen LogP) is 1.49. The SMILES string of the molecule is Cc1cc(C)c2onc(CC(=O)NCCCO)c2c1. The molecule has 1 amide bonds. The van der Waals surface area contributed by atoms with Gasteiger partial charge in [0.15, 0.2) is 5.58 Å². The molecule has 2 rings (SSSR count). The summed E-state index contributed by atoms with van der Waals surface area (Å²) in [5.74, 6) is -0.109. The fraction of sp³-hybridized carbons (Fsp3) is 0.429. The highest BCUT2D eigenvalue weighted by Gasteiger charge is 2.14. The Morgan fingerprint density at radius 1 is 1.42 bits per heavy atom. The van der Waals surface area contributed by atoms with Crippen molar-refractivity contribution in [3.8, 4) is 0 Å². The second-order valence-electron chi connectivity index (χ2n) is 4.69. The van der Waals surface area contributed by atoms with E-state index in [1.54, 1.807) is 0 Å². The Kier molecular flexibility index (Phi) is 4.16. The first kappa shape index (κ1) is 13.5. The summed E-state index contributed by atoms with van der Waals surface area (Å²) < 4.78 is 5.29. The molecule has 1 aromatic heterocycles. The van der Waals surface area contributed by atoms with E-state index >= 15 is 0 Å². The molecule has 5 heteroatoms. The molecule has 0 saturated heterocycles. The smallest absolute Gasteiger partial charge is 0.226 e. The van der Waals surface area contributed by atoms with Crippen molar-refractivity contribution < 1.29 is 14.4 Å². The molecule has 0 saturated carbocycles. The molecule has 102 valence electrons. The maximum absolute atomic E-state index is 11.7. The number of amides is 1. The lowest BCUT2D eigenvalue weighted by molar-refractivity contribution is -0.120. The minimum atomic E-state index is -0.109. The van der Waals surface area contributed by atoms with Gasteiger partial charge in [-0.1, -0.05) is 11.2 Å². The third kappa shape index (κ3) is 3.12. The van der Waals surface area contributed by atoms with E-state index in [-0.39, 0.29) is 18.9 Å². The summed E-state index contributed by atoms with van der Waals surface area (Å²) in [6, 6.07) is 4.01. The zero-order valence-electron chi connectivity index (χ0n) is 11.2. The predicted molar refractivity (Wildman–Crippen MR) is 71.9 cm³/mol. The fourth-order valence-corrected chi connectivity index (χ4v) is 2.09. The van der Waals surface area contributed by atoms with Gasteiger partial charge in [-0.3, -0.25) is 4.79 Å². The van der Waals surface area contributed by atoms with Crippen molar-refractivity contribution in [1.82, 2.24) is 10.5 Å². The van der Waals surface area contributed by atoms with Crippen LogP contribution in [0.5, 0.6) is 0 Å². The van der Waals surface area contributed by atoms with E-state index < -0.39 is 0 Å². The van der Waals surface area contributed by atoms with Crippen LogP contribution >= 0.6 is 0 Å². The molecular weight excluding hydrogens is 244 g/mol. The summed E-state index contributed by atoms with van der Waals surface area (Å²) in [5, 5.41) is 16.3. The quantitative estimate of drug-likeness (QED) is 0.800. The largest absolute Gasteiger partial charge is 0.396 e. The van der Waals surface area contributed by atoms with E-state index in [0.717, 1.165) is 22.1 Å². The van der Waals surface area contributed by atoms with Crippen LogP contribution in [-0.4, -0.2) is 29.3 Å². The summed E-state index contributed by atoms with van der Waals surface area (Å²) >= 11 is 0. The summed E-state index contributed by atoms with van der Waals surface area (Å²) in [7, 11) is 0. The molecule has 2 aromatic rings. The lowest BCUT2D eigenvalue weighted by Crippen LogP contribution is -2.26. The minimum absolute atomic E-state index is 0.0750. The van der Waals surface area contributed by atoms with Crippen LogP contribution in [0.2, 0.25) is 0 Å². The number of hydrogen-bond acceptors (Lipinski definition) is 4. The number of hydrogen-bond donors (Lipinski definition) is 2. The summed E-state index contributed by atoms with van der Waals surface area (Å²) in [6.07, 6.45) is 0.755. The van der Waals surface area contributed by atoms with Crippen LogP contribution in [0.4, 0.5) is 0 Å². The maximum atomic E-state index is 11.7. The molecule has 0 fully saturated rings. The van der Waals surface area contributed by atoms with Crippen LogP contribution in [-0.2, 0) is 11.2 Å². The average Bonchev–Trinajstić information content (AvgIpc) is 2.73. The Morgan fingerprint density at radius 2 is 2.21 bits per heavy atom. The first-order valence-electron chi connectivity index (χ1n) is 6.35. The Bertz CT molecular complexity index is 590. The number of carbonyl (C=O) groups excluding carboxylic acids is 1. The van der Waals surface area contributed by atoms with E-state index in [1.807, 2.05) is 26.0 Å². The van der Waals surface area contributed by atoms with Gasteiger partial charge in [0.1, 0.15) is 5.69 Å². The molecule has 0 aliphatic heterocycles. The fourth-order valence-electron chi connectivity index (χ4n) is 2.09. The van der Waals surface area contributed by atoms with E-state index in [9.17, 15) is 4.79 Å². The molecule has 0 aliphatic carbocycles. The van der Waals surface area contributed by atoms with Crippen LogP contribution in [0.25, 0.3) is 11.0 Å². The topological polar surface area (TPSA) is 75.4 Å². The minimum Gasteiger partial charge on any atom is -0.396 e. The van der Waals surface area contributed by atoms with E-state index in [0.29, 0.717) is 18.7 Å². The number of aliphatic hydroxyl groups is 1. The Hall–Kier alpha value is -1.88. The lowest BCUT2D eigenvalue weighted by Gasteiger charge is -2.02. The molecule has 1 heterocycles. The molecule has 0 unspecified atom stereocenters. The number of nitrogens with zero attached hydrogens (tertiary/aromatic N) is 1. The second-order valence-corrected chi connectivity index (χ2v) is 4.69. The van der Waals surface area contributed by atoms with Gasteiger partial charge in [-0.25, -0.2) is 0 Å². The molecule has 1 aromatic carbocycles. The zero-order valence-corrected chi connectivity index (χ0v) is 11.2. The molecule has 0 radical (unpaired) electrons. The van der Waals surface area contributed by atoms with Gasteiger partial charge in [-0.15, -0.1) is 0 Å². The van der Waals surface area contributed by atoms with Crippen molar-refractivity contribution in [2.75, 3.05) is 13.2 Å². The van der Waals surface area contributed by atoms with Crippen molar-refractivity contribution >= 4 is 16.9 Å². The standard InChI is InChI=1S/C14H18N2O3/c1-9-6-10(2)14-11(7-9)12(16-19-14)8-13(18)15-4-3-5-17/h6-7,17H,3-5,8H2,1-2H3,(H,15,18). The van der Waals surface area contributed by atoms with Crippen LogP contribution in [0.3, 0.4) is 0 Å². The van der Waals surface area contributed by atoms with Gasteiger partial charge in [-0.2, -0.15) is 0 Å². The zero-order chi connectivity index (χ0) is 13.8. The molecule has 2 N–H and O–H groups in total. The van der Waals surface area contributed by atoms with Gasteiger partial charge >= 0.3 is 0 Å². The Labute approximate surface area is 111 Å². The number of aliphatic hydroxyl groups excluding tert-OH is 1. The molecule has 19 heavy (non-hydrogen) atoms. The van der Waals surface area contributed by atoms with Gasteiger partial charge < -0.3 is 14.9 Å². The van der Waals surface area contributed by atoms with Crippen molar-refractivity contribution in [2.45, 2.75) is 26.7 Å². The molecule has 0 aliphatic rings. The van der Waals surface area contributed by atoms with Gasteiger partial charge in [-0.05, 0) is 37.5 Å². The molecule has 0 spiro atoms. The van der Waals surface area contributed by atoms with Crippen LogP contribution in [0.15, 0.2) is 16.7 Å². The third-order valence-corrected chi connectivity index (χ3v) is 2.96. The molecule has 0 atom stereocenters. The maximum Gasteiger partial charge on any atom is 0.226 e. The Balaban J connectivity index is 2.15. The van der Waals surface area contributed by atoms with E-state index in [4.69, 9.17) is 9.63 Å². The first-order chi connectivity index (χ1) is 9.11. The van der Waals surface area contributed by atoms with Crippen LogP contribution in [0.1, 0.15) is 23.2 Å². The summed E-state index contributed by atoms with van der Waals surface area (Å²) in [6.45, 7) is 4.52. The average molecular weight is 262 g/mol. The lowest BCUT2D eigenvalue weighted by atomic mass is 10.1. The summed E-state index contributed by atoms with van der Waals surface area (Å²) in [4.78, 5) is 11.7. The number of rotatable bonds is 5. The van der Waals surface area contributed by atoms with Crippen molar-refractivity contribution in [3.63, 3.8) is 0 Å². The third-order valence-electron chi connectivity index (χ3n) is 2.96. The van der Waals surface area contributed by atoms with Crippen molar-refractivity contribution in [1.29, 1.82) is 0 Å². The number of carbonyl (C=O) groups is 1. The van der Waals surface area contributed by atoms with Crippen LogP contribution < -0.4 is 5.32 Å². The number of nitrogens with one attached hydrogen (secondary N) is 1. The highest BCUT2D eigenvalue weighted by Crippen LogP contribution is 2.23. The number of benzene rings is 1. The van der Waals surface area contributed by atoms with Gasteiger partial charge in [0.2, 0.25) is 5.91 Å². The van der Waals surface area contributed by atoms with Gasteiger partial charge in [0.05, 0.1) is 6.42 Å². The van der Waals surface area contributed by atoms with Gasteiger partial charge in [0, 0.05) is 18.5 Å². The first-order valence-corrected chi connectivity index (χ1v) is 6.35. The van der Waals surface area contributed by atoms with Crippen molar-refractivity contribution in [2.24, 2.45) is 0 Å². The number of aromatic nitrogens is 1. The normalized spacial score (nSPS) is 10.9. The number of aryl methyl sites for hydroxylation is 2. The van der Waals surface area contributed by atoms with E-state index in [1.165, 1.54) is 0 Å². The number of fused-ring (bicyclic) bond motifs is 1. The van der Waals surface area contributed by atoms with Gasteiger partial charge in [0.25, 0.3) is 0 Å². The highest BCUT2D eigenvalue weighted by molar-refractivity contribution is 5.88. The highest BCUT2D eigenvalue weighted by atomic mass is 16.5. The Morgan fingerprint density at radius 3 is 2.95 bits per heavy atom. The van der Waals surface area contributed by atoms with Crippen molar-refractivity contribution in [3.05, 3.63) is 29.0 Å². The van der Waals surface area contributed by atoms with E-state index in [2.05, 4.69) is 10.5 Å². The molecular formula is C14H18N2O3.